The zero-order chi connectivity index (χ0) is 15.8. The van der Waals surface area contributed by atoms with Crippen LogP contribution in [0.4, 0.5) is 11.6 Å². The standard InChI is InChI=1S/C17H19N5O/c1-10-8-20-17-15(23-10)16(18)21-14(22-17)7-6-11-9-19-13-5-3-2-4-12(11)13/h2-5,9-10,19H,6-8H2,1H3,(H3,18,20,21,22). The Labute approximate surface area is 134 Å². The number of H-pyrrole nitrogens is 1. The van der Waals surface area contributed by atoms with Crippen LogP contribution in [0.1, 0.15) is 18.3 Å². The zero-order valence-electron chi connectivity index (χ0n) is 13.0. The Bertz CT molecular complexity index is 857. The molecule has 0 amide bonds. The summed E-state index contributed by atoms with van der Waals surface area (Å²) in [7, 11) is 0. The fraction of sp³-hybridized carbons (Fsp3) is 0.294. The number of ether oxygens (including phenoxy) is 1. The molecule has 118 valence electrons. The van der Waals surface area contributed by atoms with Gasteiger partial charge in [0, 0.05) is 23.5 Å². The lowest BCUT2D eigenvalue weighted by molar-refractivity contribution is 0.225. The van der Waals surface area contributed by atoms with Gasteiger partial charge in [0.25, 0.3) is 0 Å². The van der Waals surface area contributed by atoms with Crippen molar-refractivity contribution in [2.75, 3.05) is 17.6 Å². The van der Waals surface area contributed by atoms with E-state index in [1.54, 1.807) is 0 Å². The Morgan fingerprint density at radius 3 is 3.04 bits per heavy atom. The summed E-state index contributed by atoms with van der Waals surface area (Å²) in [6, 6.07) is 8.28. The number of rotatable bonds is 3. The Kier molecular flexibility index (Phi) is 3.29. The first-order chi connectivity index (χ1) is 11.2. The molecule has 4 N–H and O–H groups in total. The smallest absolute Gasteiger partial charge is 0.204 e. The highest BCUT2D eigenvalue weighted by atomic mass is 16.5. The SMILES string of the molecule is CC1CNc2nc(CCc3c[nH]c4ccccc34)nc(N)c2O1. The molecule has 6 heteroatoms. The molecule has 0 bridgehead atoms. The van der Waals surface area contributed by atoms with E-state index in [4.69, 9.17) is 10.5 Å². The Hall–Kier alpha value is -2.76. The molecular formula is C17H19N5O. The monoisotopic (exact) mass is 309 g/mol. The topological polar surface area (TPSA) is 88.9 Å². The second-order valence-corrected chi connectivity index (χ2v) is 5.87. The number of anilines is 2. The summed E-state index contributed by atoms with van der Waals surface area (Å²) in [5.41, 5.74) is 8.43. The lowest BCUT2D eigenvalue weighted by Gasteiger charge is -2.24. The summed E-state index contributed by atoms with van der Waals surface area (Å²) in [6.07, 6.45) is 3.72. The van der Waals surface area contributed by atoms with Gasteiger partial charge in [-0.1, -0.05) is 18.2 Å². The molecule has 6 nitrogen and oxygen atoms in total. The highest BCUT2D eigenvalue weighted by Crippen LogP contribution is 2.32. The van der Waals surface area contributed by atoms with Crippen LogP contribution in [0.5, 0.6) is 5.75 Å². The maximum Gasteiger partial charge on any atom is 0.204 e. The lowest BCUT2D eigenvalue weighted by Crippen LogP contribution is -2.29. The first-order valence-corrected chi connectivity index (χ1v) is 7.82. The summed E-state index contributed by atoms with van der Waals surface area (Å²) in [5.74, 6) is 2.41. The van der Waals surface area contributed by atoms with E-state index in [0.29, 0.717) is 17.4 Å². The summed E-state index contributed by atoms with van der Waals surface area (Å²) in [6.45, 7) is 2.71. The molecule has 0 radical (unpaired) electrons. The van der Waals surface area contributed by atoms with E-state index in [1.165, 1.54) is 10.9 Å². The number of benzene rings is 1. The number of hydrogen-bond donors (Lipinski definition) is 3. The van der Waals surface area contributed by atoms with Gasteiger partial charge >= 0.3 is 0 Å². The van der Waals surface area contributed by atoms with Gasteiger partial charge in [-0.3, -0.25) is 0 Å². The van der Waals surface area contributed by atoms with Crippen molar-refractivity contribution in [1.82, 2.24) is 15.0 Å². The maximum atomic E-state index is 6.02. The molecule has 0 aliphatic carbocycles. The zero-order valence-corrected chi connectivity index (χ0v) is 13.0. The van der Waals surface area contributed by atoms with Crippen LogP contribution in [0, 0.1) is 0 Å². The predicted molar refractivity (Wildman–Crippen MR) is 90.7 cm³/mol. The van der Waals surface area contributed by atoms with E-state index in [9.17, 15) is 0 Å². The minimum absolute atomic E-state index is 0.0745. The molecule has 23 heavy (non-hydrogen) atoms. The van der Waals surface area contributed by atoms with Crippen molar-refractivity contribution in [3.8, 4) is 5.75 Å². The third-order valence-electron chi connectivity index (χ3n) is 4.11. The van der Waals surface area contributed by atoms with Crippen LogP contribution in [-0.2, 0) is 12.8 Å². The van der Waals surface area contributed by atoms with Gasteiger partial charge in [0.1, 0.15) is 11.9 Å². The maximum absolute atomic E-state index is 6.02. The second kappa shape index (κ2) is 5.46. The van der Waals surface area contributed by atoms with Gasteiger partial charge in [-0.2, -0.15) is 0 Å². The van der Waals surface area contributed by atoms with Gasteiger partial charge in [0.2, 0.25) is 5.75 Å². The van der Waals surface area contributed by atoms with Crippen LogP contribution in [0.3, 0.4) is 0 Å². The van der Waals surface area contributed by atoms with Gasteiger partial charge in [-0.25, -0.2) is 9.97 Å². The number of nitrogen functional groups attached to an aromatic ring is 1. The second-order valence-electron chi connectivity index (χ2n) is 5.87. The minimum atomic E-state index is 0.0745. The summed E-state index contributed by atoms with van der Waals surface area (Å²) in [5, 5.41) is 4.50. The molecule has 1 atom stereocenters. The number of hydrogen-bond acceptors (Lipinski definition) is 5. The molecular weight excluding hydrogens is 290 g/mol. The molecule has 2 aromatic heterocycles. The van der Waals surface area contributed by atoms with Crippen LogP contribution in [0.15, 0.2) is 30.5 Å². The molecule has 0 fully saturated rings. The van der Waals surface area contributed by atoms with E-state index >= 15 is 0 Å². The van der Waals surface area contributed by atoms with E-state index in [1.807, 2.05) is 13.0 Å². The van der Waals surface area contributed by atoms with E-state index < -0.39 is 0 Å². The van der Waals surface area contributed by atoms with Crippen molar-refractivity contribution in [2.24, 2.45) is 0 Å². The molecule has 1 aliphatic rings. The van der Waals surface area contributed by atoms with E-state index in [0.717, 1.165) is 30.7 Å². The largest absolute Gasteiger partial charge is 0.482 e. The summed E-state index contributed by atoms with van der Waals surface area (Å²) < 4.78 is 5.71. The van der Waals surface area contributed by atoms with Crippen molar-refractivity contribution in [2.45, 2.75) is 25.9 Å². The quantitative estimate of drug-likeness (QED) is 0.692. The van der Waals surface area contributed by atoms with Crippen LogP contribution in [-0.4, -0.2) is 27.6 Å². The number of aromatic nitrogens is 3. The number of nitrogens with one attached hydrogen (secondary N) is 2. The van der Waals surface area contributed by atoms with Crippen LogP contribution in [0.2, 0.25) is 0 Å². The Morgan fingerprint density at radius 1 is 1.26 bits per heavy atom. The van der Waals surface area contributed by atoms with Gasteiger partial charge < -0.3 is 20.8 Å². The van der Waals surface area contributed by atoms with Gasteiger partial charge in [0.05, 0.1) is 6.54 Å². The predicted octanol–water partition coefficient (Wildman–Crippen LogP) is 2.52. The normalized spacial score (nSPS) is 16.7. The lowest BCUT2D eigenvalue weighted by atomic mass is 10.1. The van der Waals surface area contributed by atoms with Crippen LogP contribution >= 0.6 is 0 Å². The molecule has 4 rings (SSSR count). The fourth-order valence-corrected chi connectivity index (χ4v) is 2.93. The van der Waals surface area contributed by atoms with Gasteiger partial charge in [-0.05, 0) is 25.0 Å². The number of para-hydroxylation sites is 1. The Balaban J connectivity index is 1.56. The highest BCUT2D eigenvalue weighted by molar-refractivity contribution is 5.83. The average Bonchev–Trinajstić information content (AvgIpc) is 2.97. The van der Waals surface area contributed by atoms with E-state index in [2.05, 4.69) is 44.7 Å². The molecule has 1 aromatic carbocycles. The number of fused-ring (bicyclic) bond motifs is 2. The number of aromatic amines is 1. The molecule has 0 spiro atoms. The number of nitrogens with zero attached hydrogens (tertiary/aromatic N) is 2. The van der Waals surface area contributed by atoms with Gasteiger partial charge in [-0.15, -0.1) is 0 Å². The van der Waals surface area contributed by atoms with E-state index in [-0.39, 0.29) is 6.10 Å². The number of aryl methyl sites for hydroxylation is 2. The number of nitrogens with two attached hydrogens (primary N) is 1. The summed E-state index contributed by atoms with van der Waals surface area (Å²) in [4.78, 5) is 12.2. The molecule has 0 saturated heterocycles. The van der Waals surface area contributed by atoms with Crippen molar-refractivity contribution in [1.29, 1.82) is 0 Å². The summed E-state index contributed by atoms with van der Waals surface area (Å²) >= 11 is 0. The molecule has 1 aliphatic heterocycles. The first-order valence-electron chi connectivity index (χ1n) is 7.82. The van der Waals surface area contributed by atoms with Gasteiger partial charge in [0.15, 0.2) is 11.6 Å². The van der Waals surface area contributed by atoms with Crippen LogP contribution in [0.25, 0.3) is 10.9 Å². The Morgan fingerprint density at radius 2 is 2.13 bits per heavy atom. The fourth-order valence-electron chi connectivity index (χ4n) is 2.93. The highest BCUT2D eigenvalue weighted by Gasteiger charge is 2.21. The molecule has 0 saturated carbocycles. The third kappa shape index (κ3) is 2.56. The van der Waals surface area contributed by atoms with Crippen molar-refractivity contribution in [3.63, 3.8) is 0 Å². The first kappa shape index (κ1) is 13.9. The van der Waals surface area contributed by atoms with Crippen molar-refractivity contribution < 1.29 is 4.74 Å². The average molecular weight is 309 g/mol. The third-order valence-corrected chi connectivity index (χ3v) is 4.11. The minimum Gasteiger partial charge on any atom is -0.482 e. The molecule has 3 aromatic rings. The van der Waals surface area contributed by atoms with Crippen molar-refractivity contribution >= 4 is 22.5 Å². The van der Waals surface area contributed by atoms with Crippen LogP contribution < -0.4 is 15.8 Å². The molecule has 3 heterocycles. The van der Waals surface area contributed by atoms with Crippen molar-refractivity contribution in [3.05, 3.63) is 41.9 Å². The molecule has 1 unspecified atom stereocenters.